The van der Waals surface area contributed by atoms with Crippen LogP contribution in [0.5, 0.6) is 0 Å². The van der Waals surface area contributed by atoms with E-state index in [0.717, 1.165) is 78.3 Å². The average molecular weight is 298 g/mol. The highest BCUT2D eigenvalue weighted by Gasteiger charge is 2.25. The van der Waals surface area contributed by atoms with Crippen molar-refractivity contribution in [2.75, 3.05) is 52.6 Å². The summed E-state index contributed by atoms with van der Waals surface area (Å²) in [6.45, 7) is 9.17. The third-order valence-corrected chi connectivity index (χ3v) is 4.46. The molecule has 2 heterocycles. The largest absolute Gasteiger partial charge is 0.381 e. The molecular formula is C16H30N2O3. The predicted octanol–water partition coefficient (Wildman–Crippen LogP) is 1.52. The first-order valence-corrected chi connectivity index (χ1v) is 8.48. The fraction of sp³-hybridized carbons (Fsp3) is 0.938. The number of nitrogens with zero attached hydrogens (tertiary/aromatic N) is 2. The minimum absolute atomic E-state index is 0.331. The number of rotatable bonds is 7. The number of unbranched alkanes of at least 4 members (excludes halogenated alkanes) is 1. The zero-order valence-electron chi connectivity index (χ0n) is 13.4. The van der Waals surface area contributed by atoms with E-state index in [0.29, 0.717) is 18.4 Å². The first-order valence-electron chi connectivity index (χ1n) is 8.48. The molecule has 0 N–H and O–H groups in total. The summed E-state index contributed by atoms with van der Waals surface area (Å²) in [5.74, 6) is 0.331. The maximum Gasteiger partial charge on any atom is 0.222 e. The molecule has 5 heteroatoms. The molecule has 0 aliphatic carbocycles. The second-order valence-corrected chi connectivity index (χ2v) is 5.99. The molecule has 0 spiro atoms. The molecule has 2 saturated heterocycles. The number of carbonyl (C=O) groups excluding carboxylic acids is 1. The molecule has 0 radical (unpaired) electrons. The summed E-state index contributed by atoms with van der Waals surface area (Å²) < 4.78 is 10.8. The molecule has 0 atom stereocenters. The van der Waals surface area contributed by atoms with Crippen LogP contribution in [0.3, 0.4) is 0 Å². The molecule has 0 saturated carbocycles. The van der Waals surface area contributed by atoms with Crippen LogP contribution < -0.4 is 0 Å². The maximum absolute atomic E-state index is 12.5. The molecule has 2 fully saturated rings. The van der Waals surface area contributed by atoms with Crippen molar-refractivity contribution in [3.05, 3.63) is 0 Å². The molecule has 2 aliphatic heterocycles. The van der Waals surface area contributed by atoms with Gasteiger partial charge in [0.05, 0.1) is 13.2 Å². The van der Waals surface area contributed by atoms with Gasteiger partial charge in [-0.15, -0.1) is 0 Å². The van der Waals surface area contributed by atoms with Crippen molar-refractivity contribution in [2.24, 2.45) is 0 Å². The van der Waals surface area contributed by atoms with E-state index in [1.165, 1.54) is 0 Å². The Hall–Kier alpha value is -0.650. The molecule has 0 aromatic rings. The monoisotopic (exact) mass is 298 g/mol. The van der Waals surface area contributed by atoms with Crippen LogP contribution in [0.2, 0.25) is 0 Å². The fourth-order valence-electron chi connectivity index (χ4n) is 3.05. The summed E-state index contributed by atoms with van der Waals surface area (Å²) >= 11 is 0. The summed E-state index contributed by atoms with van der Waals surface area (Å²) in [6, 6.07) is 0.379. The van der Waals surface area contributed by atoms with Gasteiger partial charge < -0.3 is 14.4 Å². The van der Waals surface area contributed by atoms with Gasteiger partial charge in [-0.05, 0) is 19.3 Å². The van der Waals surface area contributed by atoms with Gasteiger partial charge in [-0.2, -0.15) is 0 Å². The third-order valence-electron chi connectivity index (χ3n) is 4.46. The van der Waals surface area contributed by atoms with Crippen LogP contribution >= 0.6 is 0 Å². The Morgan fingerprint density at radius 1 is 1.14 bits per heavy atom. The van der Waals surface area contributed by atoms with Crippen molar-refractivity contribution < 1.29 is 14.3 Å². The predicted molar refractivity (Wildman–Crippen MR) is 82.3 cm³/mol. The minimum atomic E-state index is 0.331. The minimum Gasteiger partial charge on any atom is -0.381 e. The molecule has 0 aromatic carbocycles. The SMILES string of the molecule is CCCCC(=O)N(CCN1CCOCC1)C1CCOCC1. The first kappa shape index (κ1) is 16.7. The molecule has 2 aliphatic rings. The Kier molecular flexibility index (Phi) is 7.47. The second-order valence-electron chi connectivity index (χ2n) is 5.99. The standard InChI is InChI=1S/C16H30N2O3/c1-2-3-4-16(19)18(15-5-11-20-12-6-15)8-7-17-9-13-21-14-10-17/h15H,2-14H2,1H3. The fourth-order valence-corrected chi connectivity index (χ4v) is 3.05. The van der Waals surface area contributed by atoms with Crippen LogP contribution in [-0.2, 0) is 14.3 Å². The number of carbonyl (C=O) groups is 1. The molecule has 5 nitrogen and oxygen atoms in total. The Balaban J connectivity index is 1.85. The second kappa shape index (κ2) is 9.38. The van der Waals surface area contributed by atoms with E-state index in [-0.39, 0.29) is 0 Å². The van der Waals surface area contributed by atoms with Gasteiger partial charge in [-0.25, -0.2) is 0 Å². The first-order chi connectivity index (χ1) is 10.3. The molecule has 0 aromatic heterocycles. The normalized spacial score (nSPS) is 21.4. The van der Waals surface area contributed by atoms with Crippen LogP contribution in [0, 0.1) is 0 Å². The van der Waals surface area contributed by atoms with Gasteiger partial charge in [0, 0.05) is 51.9 Å². The van der Waals surface area contributed by atoms with E-state index in [2.05, 4.69) is 16.7 Å². The van der Waals surface area contributed by atoms with Gasteiger partial charge in [0.1, 0.15) is 0 Å². The average Bonchev–Trinajstić information content (AvgIpc) is 2.55. The summed E-state index contributed by atoms with van der Waals surface area (Å²) in [6.07, 6.45) is 4.74. The van der Waals surface area contributed by atoms with Crippen molar-refractivity contribution in [3.63, 3.8) is 0 Å². The number of amides is 1. The zero-order valence-corrected chi connectivity index (χ0v) is 13.4. The summed E-state index contributed by atoms with van der Waals surface area (Å²) in [5, 5.41) is 0. The van der Waals surface area contributed by atoms with E-state index in [1.54, 1.807) is 0 Å². The molecule has 21 heavy (non-hydrogen) atoms. The van der Waals surface area contributed by atoms with Crippen LogP contribution in [0.15, 0.2) is 0 Å². The number of morpholine rings is 1. The maximum atomic E-state index is 12.5. The van der Waals surface area contributed by atoms with Crippen molar-refractivity contribution >= 4 is 5.91 Å². The Morgan fingerprint density at radius 3 is 2.48 bits per heavy atom. The Labute approximate surface area is 128 Å². The van der Waals surface area contributed by atoms with E-state index in [1.807, 2.05) is 0 Å². The summed E-state index contributed by atoms with van der Waals surface area (Å²) in [4.78, 5) is 17.1. The number of hydrogen-bond acceptors (Lipinski definition) is 4. The summed E-state index contributed by atoms with van der Waals surface area (Å²) in [5.41, 5.74) is 0. The van der Waals surface area contributed by atoms with Gasteiger partial charge in [-0.3, -0.25) is 9.69 Å². The quantitative estimate of drug-likeness (QED) is 0.714. The molecule has 0 bridgehead atoms. The van der Waals surface area contributed by atoms with Crippen molar-refractivity contribution in [1.82, 2.24) is 9.80 Å². The van der Waals surface area contributed by atoms with E-state index in [4.69, 9.17) is 9.47 Å². The smallest absolute Gasteiger partial charge is 0.222 e. The zero-order chi connectivity index (χ0) is 14.9. The van der Waals surface area contributed by atoms with Gasteiger partial charge in [-0.1, -0.05) is 13.3 Å². The van der Waals surface area contributed by atoms with Crippen LogP contribution in [0.1, 0.15) is 39.0 Å². The molecular weight excluding hydrogens is 268 g/mol. The van der Waals surface area contributed by atoms with Crippen LogP contribution in [0.25, 0.3) is 0 Å². The van der Waals surface area contributed by atoms with Crippen molar-refractivity contribution in [1.29, 1.82) is 0 Å². The highest BCUT2D eigenvalue weighted by molar-refractivity contribution is 5.76. The summed E-state index contributed by atoms with van der Waals surface area (Å²) in [7, 11) is 0. The van der Waals surface area contributed by atoms with Crippen LogP contribution in [-0.4, -0.2) is 74.4 Å². The lowest BCUT2D eigenvalue weighted by atomic mass is 10.1. The van der Waals surface area contributed by atoms with E-state index >= 15 is 0 Å². The van der Waals surface area contributed by atoms with Gasteiger partial charge in [0.15, 0.2) is 0 Å². The topological polar surface area (TPSA) is 42.0 Å². The number of ether oxygens (including phenoxy) is 2. The lowest BCUT2D eigenvalue weighted by Gasteiger charge is -2.36. The molecule has 0 unspecified atom stereocenters. The Bertz CT molecular complexity index is 300. The van der Waals surface area contributed by atoms with Crippen LogP contribution in [0.4, 0.5) is 0 Å². The van der Waals surface area contributed by atoms with Crippen molar-refractivity contribution in [3.8, 4) is 0 Å². The highest BCUT2D eigenvalue weighted by atomic mass is 16.5. The third kappa shape index (κ3) is 5.57. The van der Waals surface area contributed by atoms with Gasteiger partial charge in [0.25, 0.3) is 0 Å². The Morgan fingerprint density at radius 2 is 1.81 bits per heavy atom. The van der Waals surface area contributed by atoms with Crippen molar-refractivity contribution in [2.45, 2.75) is 45.1 Å². The molecule has 2 rings (SSSR count). The molecule has 1 amide bonds. The lowest BCUT2D eigenvalue weighted by Crippen LogP contribution is -2.48. The van der Waals surface area contributed by atoms with E-state index in [9.17, 15) is 4.79 Å². The highest BCUT2D eigenvalue weighted by Crippen LogP contribution is 2.16. The molecule has 122 valence electrons. The number of hydrogen-bond donors (Lipinski definition) is 0. The van der Waals surface area contributed by atoms with Gasteiger partial charge >= 0.3 is 0 Å². The lowest BCUT2D eigenvalue weighted by molar-refractivity contribution is -0.136. The van der Waals surface area contributed by atoms with E-state index < -0.39 is 0 Å². The van der Waals surface area contributed by atoms with Gasteiger partial charge in [0.2, 0.25) is 5.91 Å².